The van der Waals surface area contributed by atoms with Gasteiger partial charge in [0.15, 0.2) is 0 Å². The third-order valence-electron chi connectivity index (χ3n) is 2.89. The van der Waals surface area contributed by atoms with Crippen molar-refractivity contribution < 1.29 is 13.2 Å². The number of carbonyl (C=O) groups is 1. The molecule has 0 saturated carbocycles. The molecule has 0 aliphatic carbocycles. The predicted octanol–water partition coefficient (Wildman–Crippen LogP) is 2.55. The largest absolute Gasteiger partial charge is 0.321 e. The highest BCUT2D eigenvalue weighted by molar-refractivity contribution is 7.89. The smallest absolute Gasteiger partial charge is 0.256 e. The molecule has 0 spiro atoms. The quantitative estimate of drug-likeness (QED) is 0.909. The van der Waals surface area contributed by atoms with E-state index in [4.69, 9.17) is 16.7 Å². The number of rotatable bonds is 3. The lowest BCUT2D eigenvalue weighted by Gasteiger charge is -2.11. The van der Waals surface area contributed by atoms with Gasteiger partial charge in [-0.2, -0.15) is 0 Å². The minimum atomic E-state index is -3.92. The Kier molecular flexibility index (Phi) is 4.32. The number of anilines is 1. The molecule has 0 aliphatic rings. The summed E-state index contributed by atoms with van der Waals surface area (Å²) in [6, 6.07) is 10.8. The molecular formula is C14H13ClN2O3S. The number of primary sulfonamides is 1. The fourth-order valence-electron chi connectivity index (χ4n) is 1.85. The number of amides is 1. The standard InChI is InChI=1S/C14H13ClN2O3S/c1-9-6-7-10(15)8-11(9)14(18)17-12-4-2-3-5-13(12)21(16,19)20/h2-8H,1H3,(H,17,18)(H2,16,19,20). The zero-order valence-electron chi connectivity index (χ0n) is 11.1. The Morgan fingerprint density at radius 3 is 2.52 bits per heavy atom. The number of halogens is 1. The van der Waals surface area contributed by atoms with Crippen molar-refractivity contribution in [2.45, 2.75) is 11.8 Å². The molecule has 0 atom stereocenters. The lowest BCUT2D eigenvalue weighted by atomic mass is 10.1. The van der Waals surface area contributed by atoms with Gasteiger partial charge in [0.2, 0.25) is 10.0 Å². The second-order valence-corrected chi connectivity index (χ2v) is 6.42. The van der Waals surface area contributed by atoms with Crippen molar-refractivity contribution in [3.8, 4) is 0 Å². The lowest BCUT2D eigenvalue weighted by molar-refractivity contribution is 0.102. The summed E-state index contributed by atoms with van der Waals surface area (Å²) < 4.78 is 23.0. The van der Waals surface area contributed by atoms with Crippen molar-refractivity contribution in [2.24, 2.45) is 5.14 Å². The number of hydrogen-bond donors (Lipinski definition) is 2. The van der Waals surface area contributed by atoms with Crippen LogP contribution in [0.3, 0.4) is 0 Å². The SMILES string of the molecule is Cc1ccc(Cl)cc1C(=O)Nc1ccccc1S(N)(=O)=O. The molecule has 0 radical (unpaired) electrons. The molecule has 110 valence electrons. The predicted molar refractivity (Wildman–Crippen MR) is 82.0 cm³/mol. The van der Waals surface area contributed by atoms with Crippen LogP contribution in [0.1, 0.15) is 15.9 Å². The van der Waals surface area contributed by atoms with E-state index in [0.717, 1.165) is 5.56 Å². The number of hydrogen-bond acceptors (Lipinski definition) is 3. The van der Waals surface area contributed by atoms with Gasteiger partial charge in [-0.05, 0) is 36.8 Å². The topological polar surface area (TPSA) is 89.3 Å². The van der Waals surface area contributed by atoms with Crippen LogP contribution >= 0.6 is 11.6 Å². The van der Waals surface area contributed by atoms with E-state index in [2.05, 4.69) is 5.32 Å². The number of carbonyl (C=O) groups excluding carboxylic acids is 1. The Morgan fingerprint density at radius 2 is 1.86 bits per heavy atom. The molecule has 5 nitrogen and oxygen atoms in total. The van der Waals surface area contributed by atoms with Crippen LogP contribution in [0.25, 0.3) is 0 Å². The third kappa shape index (κ3) is 3.60. The van der Waals surface area contributed by atoms with Crippen molar-refractivity contribution >= 4 is 33.2 Å². The molecule has 2 rings (SSSR count). The van der Waals surface area contributed by atoms with Crippen molar-refractivity contribution in [3.05, 3.63) is 58.6 Å². The number of nitrogens with one attached hydrogen (secondary N) is 1. The Morgan fingerprint density at radius 1 is 1.19 bits per heavy atom. The second kappa shape index (κ2) is 5.85. The summed E-state index contributed by atoms with van der Waals surface area (Å²) in [5.74, 6) is -0.453. The second-order valence-electron chi connectivity index (χ2n) is 4.45. The Labute approximate surface area is 127 Å². The first-order valence-electron chi connectivity index (χ1n) is 5.98. The molecule has 0 heterocycles. The van der Waals surface area contributed by atoms with E-state index >= 15 is 0 Å². The molecule has 0 aromatic heterocycles. The first kappa shape index (κ1) is 15.5. The van der Waals surface area contributed by atoms with Crippen LogP contribution in [0.4, 0.5) is 5.69 Å². The number of para-hydroxylation sites is 1. The van der Waals surface area contributed by atoms with Gasteiger partial charge in [0.1, 0.15) is 4.90 Å². The highest BCUT2D eigenvalue weighted by atomic mass is 35.5. The van der Waals surface area contributed by atoms with Gasteiger partial charge in [0.25, 0.3) is 5.91 Å². The normalized spacial score (nSPS) is 11.2. The Balaban J connectivity index is 2.39. The monoisotopic (exact) mass is 324 g/mol. The van der Waals surface area contributed by atoms with E-state index in [1.807, 2.05) is 0 Å². The molecule has 0 saturated heterocycles. The third-order valence-corrected chi connectivity index (χ3v) is 4.09. The molecule has 0 aliphatic heterocycles. The van der Waals surface area contributed by atoms with Gasteiger partial charge in [-0.1, -0.05) is 29.8 Å². The van der Waals surface area contributed by atoms with Gasteiger partial charge < -0.3 is 5.32 Å². The van der Waals surface area contributed by atoms with Crippen LogP contribution in [0.2, 0.25) is 5.02 Å². The van der Waals surface area contributed by atoms with E-state index < -0.39 is 15.9 Å². The average molecular weight is 325 g/mol. The number of nitrogens with two attached hydrogens (primary N) is 1. The fourth-order valence-corrected chi connectivity index (χ4v) is 2.71. The summed E-state index contributed by atoms with van der Waals surface area (Å²) in [4.78, 5) is 12.1. The van der Waals surface area contributed by atoms with Crippen LogP contribution in [0, 0.1) is 6.92 Å². The van der Waals surface area contributed by atoms with Crippen molar-refractivity contribution in [2.75, 3.05) is 5.32 Å². The molecule has 0 fully saturated rings. The highest BCUT2D eigenvalue weighted by Gasteiger charge is 2.16. The number of aryl methyl sites for hydroxylation is 1. The van der Waals surface area contributed by atoms with E-state index in [0.29, 0.717) is 10.6 Å². The van der Waals surface area contributed by atoms with Crippen molar-refractivity contribution in [3.63, 3.8) is 0 Å². The molecular weight excluding hydrogens is 312 g/mol. The van der Waals surface area contributed by atoms with Crippen molar-refractivity contribution in [1.82, 2.24) is 0 Å². The molecule has 0 unspecified atom stereocenters. The Hall–Kier alpha value is -1.89. The molecule has 2 aromatic rings. The number of benzene rings is 2. The first-order chi connectivity index (χ1) is 9.79. The van der Waals surface area contributed by atoms with Crippen molar-refractivity contribution in [1.29, 1.82) is 0 Å². The minimum absolute atomic E-state index is 0.129. The van der Waals surface area contributed by atoms with Crippen LogP contribution in [-0.4, -0.2) is 14.3 Å². The van der Waals surface area contributed by atoms with Gasteiger partial charge >= 0.3 is 0 Å². The minimum Gasteiger partial charge on any atom is -0.321 e. The van der Waals surface area contributed by atoms with E-state index in [1.54, 1.807) is 25.1 Å². The zero-order chi connectivity index (χ0) is 15.6. The fraction of sp³-hybridized carbons (Fsp3) is 0.0714. The van der Waals surface area contributed by atoms with Gasteiger partial charge in [-0.15, -0.1) is 0 Å². The first-order valence-corrected chi connectivity index (χ1v) is 7.91. The van der Waals surface area contributed by atoms with E-state index in [1.165, 1.54) is 24.3 Å². The lowest BCUT2D eigenvalue weighted by Crippen LogP contribution is -2.19. The van der Waals surface area contributed by atoms with E-state index in [9.17, 15) is 13.2 Å². The Bertz CT molecular complexity index is 804. The van der Waals surface area contributed by atoms with E-state index in [-0.39, 0.29) is 10.6 Å². The average Bonchev–Trinajstić information content (AvgIpc) is 2.41. The molecule has 1 amide bonds. The van der Waals surface area contributed by atoms with Crippen LogP contribution in [-0.2, 0) is 10.0 Å². The summed E-state index contributed by atoms with van der Waals surface area (Å²) in [5.41, 5.74) is 1.22. The summed E-state index contributed by atoms with van der Waals surface area (Å²) in [6.45, 7) is 1.76. The van der Waals surface area contributed by atoms with Gasteiger partial charge in [0, 0.05) is 10.6 Å². The summed E-state index contributed by atoms with van der Waals surface area (Å²) in [7, 11) is -3.92. The van der Waals surface area contributed by atoms with Gasteiger partial charge in [0.05, 0.1) is 5.69 Å². The molecule has 21 heavy (non-hydrogen) atoms. The summed E-state index contributed by atoms with van der Waals surface area (Å²) in [5, 5.41) is 8.09. The van der Waals surface area contributed by atoms with Crippen LogP contribution < -0.4 is 10.5 Å². The molecule has 0 bridgehead atoms. The molecule has 2 aromatic carbocycles. The van der Waals surface area contributed by atoms with Crippen LogP contribution in [0.5, 0.6) is 0 Å². The van der Waals surface area contributed by atoms with Gasteiger partial charge in [-0.25, -0.2) is 13.6 Å². The highest BCUT2D eigenvalue weighted by Crippen LogP contribution is 2.22. The maximum atomic E-state index is 12.3. The van der Waals surface area contributed by atoms with Gasteiger partial charge in [-0.3, -0.25) is 4.79 Å². The maximum absolute atomic E-state index is 12.3. The summed E-state index contributed by atoms with van der Waals surface area (Å²) >= 11 is 5.87. The number of sulfonamides is 1. The van der Waals surface area contributed by atoms with Crippen LogP contribution in [0.15, 0.2) is 47.4 Å². The molecule has 7 heteroatoms. The zero-order valence-corrected chi connectivity index (χ0v) is 12.7. The summed E-state index contributed by atoms with van der Waals surface area (Å²) in [6.07, 6.45) is 0. The maximum Gasteiger partial charge on any atom is 0.256 e. The molecule has 3 N–H and O–H groups in total.